The van der Waals surface area contributed by atoms with Crippen LogP contribution >= 0.6 is 0 Å². The summed E-state index contributed by atoms with van der Waals surface area (Å²) in [5.41, 5.74) is 8.28. The normalized spacial score (nSPS) is 13.5. The molecule has 1 atom stereocenters. The van der Waals surface area contributed by atoms with Crippen LogP contribution in [-0.4, -0.2) is 10.2 Å². The van der Waals surface area contributed by atoms with E-state index in [4.69, 9.17) is 5.73 Å². The Morgan fingerprint density at radius 3 is 2.50 bits per heavy atom. The number of hydrogen-bond acceptors (Lipinski definition) is 2. The minimum absolute atomic E-state index is 0.522. The molecule has 1 aromatic heterocycles. The molecular weight excluding hydrogens is 174 g/mol. The van der Waals surface area contributed by atoms with Gasteiger partial charge in [0.1, 0.15) is 5.82 Å². The molecule has 0 aliphatic rings. The Bertz CT molecular complexity index is 289. The number of nitrogens with two attached hydrogens (primary N) is 1. The van der Waals surface area contributed by atoms with Crippen molar-refractivity contribution in [1.82, 2.24) is 10.2 Å². The molecule has 80 valence electrons. The van der Waals surface area contributed by atoms with E-state index in [-0.39, 0.29) is 0 Å². The van der Waals surface area contributed by atoms with Crippen molar-refractivity contribution in [3.05, 3.63) is 11.3 Å². The van der Waals surface area contributed by atoms with Gasteiger partial charge in [0, 0.05) is 11.3 Å². The summed E-state index contributed by atoms with van der Waals surface area (Å²) >= 11 is 0. The molecule has 0 radical (unpaired) electrons. The smallest absolute Gasteiger partial charge is 0.148 e. The number of hydrogen-bond donors (Lipinski definition) is 2. The predicted octanol–water partition coefficient (Wildman–Crippen LogP) is 2.70. The molecule has 0 aliphatic carbocycles. The van der Waals surface area contributed by atoms with Gasteiger partial charge in [0.25, 0.3) is 0 Å². The first-order valence-corrected chi connectivity index (χ1v) is 5.38. The van der Waals surface area contributed by atoms with Crippen molar-refractivity contribution < 1.29 is 0 Å². The molecule has 3 heteroatoms. The number of rotatable bonds is 4. The van der Waals surface area contributed by atoms with Crippen molar-refractivity contribution in [2.24, 2.45) is 5.92 Å². The van der Waals surface area contributed by atoms with E-state index in [1.54, 1.807) is 0 Å². The number of aromatic nitrogens is 2. The van der Waals surface area contributed by atoms with Gasteiger partial charge in [-0.3, -0.25) is 5.10 Å². The highest BCUT2D eigenvalue weighted by Crippen LogP contribution is 2.26. The minimum Gasteiger partial charge on any atom is -0.382 e. The van der Waals surface area contributed by atoms with Crippen molar-refractivity contribution >= 4 is 5.82 Å². The van der Waals surface area contributed by atoms with E-state index in [1.165, 1.54) is 11.3 Å². The molecule has 0 aliphatic heterocycles. The molecule has 0 saturated carbocycles. The molecular formula is C11H21N3. The summed E-state index contributed by atoms with van der Waals surface area (Å²) in [6.45, 7) is 8.79. The zero-order valence-electron chi connectivity index (χ0n) is 9.59. The molecule has 0 bridgehead atoms. The van der Waals surface area contributed by atoms with Crippen LogP contribution in [0.1, 0.15) is 51.3 Å². The zero-order chi connectivity index (χ0) is 10.7. The highest BCUT2D eigenvalue weighted by molar-refractivity contribution is 5.43. The van der Waals surface area contributed by atoms with Gasteiger partial charge in [-0.15, -0.1) is 0 Å². The molecule has 0 amide bonds. The van der Waals surface area contributed by atoms with Crippen LogP contribution < -0.4 is 5.73 Å². The number of anilines is 1. The lowest BCUT2D eigenvalue weighted by Crippen LogP contribution is -2.03. The second-order valence-electron chi connectivity index (χ2n) is 4.41. The summed E-state index contributed by atoms with van der Waals surface area (Å²) in [7, 11) is 0. The van der Waals surface area contributed by atoms with E-state index in [0.29, 0.717) is 17.7 Å². The Kier molecular flexibility index (Phi) is 3.55. The minimum atomic E-state index is 0.522. The van der Waals surface area contributed by atoms with Gasteiger partial charge in [-0.2, -0.15) is 5.10 Å². The van der Waals surface area contributed by atoms with Crippen molar-refractivity contribution in [3.8, 4) is 0 Å². The van der Waals surface area contributed by atoms with Crippen LogP contribution in [0.4, 0.5) is 5.82 Å². The van der Waals surface area contributed by atoms with Gasteiger partial charge in [-0.1, -0.05) is 27.7 Å². The lowest BCUT2D eigenvalue weighted by Gasteiger charge is -2.11. The van der Waals surface area contributed by atoms with Gasteiger partial charge in [0.15, 0.2) is 0 Å². The lowest BCUT2D eigenvalue weighted by atomic mass is 9.95. The van der Waals surface area contributed by atoms with Gasteiger partial charge >= 0.3 is 0 Å². The average Bonchev–Trinajstić information content (AvgIpc) is 2.46. The third-order valence-corrected chi connectivity index (χ3v) is 2.65. The molecule has 0 aromatic carbocycles. The fourth-order valence-electron chi connectivity index (χ4n) is 1.63. The number of nitrogens with one attached hydrogen (secondary N) is 1. The van der Waals surface area contributed by atoms with Crippen LogP contribution in [0.2, 0.25) is 0 Å². The molecule has 1 aromatic rings. The van der Waals surface area contributed by atoms with E-state index < -0.39 is 0 Å². The van der Waals surface area contributed by atoms with E-state index >= 15 is 0 Å². The third-order valence-electron chi connectivity index (χ3n) is 2.65. The van der Waals surface area contributed by atoms with Crippen LogP contribution in [0, 0.1) is 5.92 Å². The number of nitrogens with zero attached hydrogens (tertiary/aromatic N) is 1. The third kappa shape index (κ3) is 2.28. The quantitative estimate of drug-likeness (QED) is 0.776. The lowest BCUT2D eigenvalue weighted by molar-refractivity contribution is 0.628. The molecule has 3 N–H and O–H groups in total. The highest BCUT2D eigenvalue weighted by atomic mass is 15.2. The molecule has 0 saturated heterocycles. The van der Waals surface area contributed by atoms with Crippen LogP contribution in [0.25, 0.3) is 0 Å². The highest BCUT2D eigenvalue weighted by Gasteiger charge is 2.15. The van der Waals surface area contributed by atoms with Gasteiger partial charge in [0.05, 0.1) is 0 Å². The van der Waals surface area contributed by atoms with Gasteiger partial charge in [-0.05, 0) is 24.7 Å². The zero-order valence-corrected chi connectivity index (χ0v) is 9.59. The van der Waals surface area contributed by atoms with Gasteiger partial charge < -0.3 is 5.73 Å². The monoisotopic (exact) mass is 195 g/mol. The van der Waals surface area contributed by atoms with Crippen molar-refractivity contribution in [2.75, 3.05) is 5.73 Å². The topological polar surface area (TPSA) is 54.7 Å². The molecule has 14 heavy (non-hydrogen) atoms. The van der Waals surface area contributed by atoms with Crippen LogP contribution in [0.5, 0.6) is 0 Å². The fraction of sp³-hybridized carbons (Fsp3) is 0.727. The number of H-pyrrole nitrogens is 1. The SMILES string of the molecule is CCC(C)c1[nH]nc(N)c1CC(C)C. The maximum Gasteiger partial charge on any atom is 0.148 e. The molecule has 1 unspecified atom stereocenters. The second kappa shape index (κ2) is 4.49. The van der Waals surface area contributed by atoms with Crippen LogP contribution in [0.3, 0.4) is 0 Å². The molecule has 3 nitrogen and oxygen atoms in total. The van der Waals surface area contributed by atoms with Gasteiger partial charge in [-0.25, -0.2) is 0 Å². The van der Waals surface area contributed by atoms with Crippen molar-refractivity contribution in [3.63, 3.8) is 0 Å². The predicted molar refractivity (Wildman–Crippen MR) is 60.2 cm³/mol. The Hall–Kier alpha value is -0.990. The van der Waals surface area contributed by atoms with E-state index in [9.17, 15) is 0 Å². The molecule has 0 spiro atoms. The Morgan fingerprint density at radius 1 is 1.36 bits per heavy atom. The first-order valence-electron chi connectivity index (χ1n) is 5.38. The first kappa shape index (κ1) is 11.1. The maximum absolute atomic E-state index is 5.84. The summed E-state index contributed by atoms with van der Waals surface area (Å²) < 4.78 is 0. The summed E-state index contributed by atoms with van der Waals surface area (Å²) in [4.78, 5) is 0. The summed E-state index contributed by atoms with van der Waals surface area (Å²) in [6.07, 6.45) is 2.13. The largest absolute Gasteiger partial charge is 0.382 e. The van der Waals surface area contributed by atoms with Crippen molar-refractivity contribution in [2.45, 2.75) is 46.5 Å². The maximum atomic E-state index is 5.84. The Labute approximate surface area is 86.1 Å². The Morgan fingerprint density at radius 2 is 2.00 bits per heavy atom. The van der Waals surface area contributed by atoms with Gasteiger partial charge in [0.2, 0.25) is 0 Å². The number of nitrogen functional groups attached to an aromatic ring is 1. The molecule has 0 fully saturated rings. The summed E-state index contributed by atoms with van der Waals surface area (Å²) in [5, 5.41) is 7.15. The second-order valence-corrected chi connectivity index (χ2v) is 4.41. The molecule has 1 rings (SSSR count). The standard InChI is InChI=1S/C11H21N3/c1-5-8(4)10-9(6-7(2)3)11(12)14-13-10/h7-8H,5-6H2,1-4H3,(H3,12,13,14). The van der Waals surface area contributed by atoms with E-state index in [2.05, 4.69) is 37.9 Å². The Balaban J connectivity index is 2.93. The average molecular weight is 195 g/mol. The summed E-state index contributed by atoms with van der Waals surface area (Å²) in [6, 6.07) is 0. The molecule has 1 heterocycles. The van der Waals surface area contributed by atoms with Crippen LogP contribution in [-0.2, 0) is 6.42 Å². The van der Waals surface area contributed by atoms with Crippen LogP contribution in [0.15, 0.2) is 0 Å². The van der Waals surface area contributed by atoms with E-state index in [1.807, 2.05) is 0 Å². The number of aromatic amines is 1. The van der Waals surface area contributed by atoms with E-state index in [0.717, 1.165) is 12.8 Å². The van der Waals surface area contributed by atoms with Crippen molar-refractivity contribution in [1.29, 1.82) is 0 Å². The first-order chi connectivity index (χ1) is 6.56. The summed E-state index contributed by atoms with van der Waals surface area (Å²) in [5.74, 6) is 1.82. The fourth-order valence-corrected chi connectivity index (χ4v) is 1.63.